The molecule has 0 aromatic carbocycles. The molecule has 6 heteroatoms. The van der Waals surface area contributed by atoms with Crippen molar-refractivity contribution >= 4 is 16.3 Å². The minimum Gasteiger partial charge on any atom is -0.328 e. The van der Waals surface area contributed by atoms with Crippen molar-refractivity contribution in [1.82, 2.24) is 14.3 Å². The molecule has 0 saturated heterocycles. The molecule has 0 aliphatic heterocycles. The van der Waals surface area contributed by atoms with Crippen molar-refractivity contribution in [3.8, 4) is 0 Å². The maximum Gasteiger partial charge on any atom is 0.258 e. The molecule has 108 valence electrons. The average Bonchev–Trinajstić information content (AvgIpc) is 2.88. The molecule has 0 spiro atoms. The zero-order valence-corrected chi connectivity index (χ0v) is 12.5. The molecule has 2 heterocycles. The molecule has 0 unspecified atom stereocenters. The minimum absolute atomic E-state index is 0.00492. The number of fused-ring (bicyclic) bond motifs is 1. The van der Waals surface area contributed by atoms with Gasteiger partial charge in [0.1, 0.15) is 0 Å². The van der Waals surface area contributed by atoms with Crippen LogP contribution in [0.4, 0.5) is 0 Å². The Kier molecular flexibility index (Phi) is 3.87. The van der Waals surface area contributed by atoms with E-state index < -0.39 is 0 Å². The van der Waals surface area contributed by atoms with E-state index >= 15 is 0 Å². The van der Waals surface area contributed by atoms with Gasteiger partial charge in [-0.1, -0.05) is 0 Å². The maximum atomic E-state index is 12.0. The van der Waals surface area contributed by atoms with Crippen molar-refractivity contribution in [2.45, 2.75) is 44.3 Å². The van der Waals surface area contributed by atoms with Crippen LogP contribution in [-0.2, 0) is 6.54 Å². The van der Waals surface area contributed by atoms with Gasteiger partial charge in [0.05, 0.1) is 5.69 Å². The number of nitrogens with two attached hydrogens (primary N) is 1. The lowest BCUT2D eigenvalue weighted by Crippen LogP contribution is -2.38. The molecule has 2 aromatic heterocycles. The van der Waals surface area contributed by atoms with Crippen LogP contribution in [0.2, 0.25) is 0 Å². The number of aromatic nitrogens is 2. The summed E-state index contributed by atoms with van der Waals surface area (Å²) in [5.74, 6) is 0. The highest BCUT2D eigenvalue weighted by atomic mass is 32.1. The Morgan fingerprint density at radius 1 is 1.45 bits per heavy atom. The Hall–Kier alpha value is -1.24. The highest BCUT2D eigenvalue weighted by Crippen LogP contribution is 2.22. The molecule has 1 aliphatic carbocycles. The lowest BCUT2D eigenvalue weighted by Gasteiger charge is -2.33. The van der Waals surface area contributed by atoms with Crippen LogP contribution in [-0.4, -0.2) is 33.4 Å². The maximum absolute atomic E-state index is 12.0. The van der Waals surface area contributed by atoms with Crippen molar-refractivity contribution in [2.75, 3.05) is 7.05 Å². The van der Waals surface area contributed by atoms with Crippen LogP contribution in [0.1, 0.15) is 31.4 Å². The lowest BCUT2D eigenvalue weighted by molar-refractivity contribution is 0.174. The third-order valence-electron chi connectivity index (χ3n) is 4.13. The van der Waals surface area contributed by atoms with Crippen molar-refractivity contribution in [3.05, 3.63) is 33.7 Å². The molecule has 1 fully saturated rings. The van der Waals surface area contributed by atoms with Crippen LogP contribution < -0.4 is 11.3 Å². The van der Waals surface area contributed by atoms with Crippen LogP contribution in [0.3, 0.4) is 0 Å². The fourth-order valence-corrected chi connectivity index (χ4v) is 3.63. The molecule has 5 nitrogen and oxygen atoms in total. The molecule has 20 heavy (non-hydrogen) atoms. The van der Waals surface area contributed by atoms with Gasteiger partial charge in [-0.05, 0) is 32.7 Å². The number of hydrogen-bond acceptors (Lipinski definition) is 5. The molecular formula is C14H20N4OS. The van der Waals surface area contributed by atoms with E-state index in [0.29, 0.717) is 12.1 Å². The summed E-state index contributed by atoms with van der Waals surface area (Å²) >= 11 is 1.50. The van der Waals surface area contributed by atoms with Gasteiger partial charge in [-0.15, -0.1) is 11.3 Å². The Balaban J connectivity index is 1.73. The molecule has 2 aromatic rings. The van der Waals surface area contributed by atoms with Gasteiger partial charge in [0.2, 0.25) is 0 Å². The third-order valence-corrected chi connectivity index (χ3v) is 4.89. The first-order chi connectivity index (χ1) is 9.63. The zero-order chi connectivity index (χ0) is 14.1. The van der Waals surface area contributed by atoms with Gasteiger partial charge in [0.25, 0.3) is 5.56 Å². The van der Waals surface area contributed by atoms with E-state index in [9.17, 15) is 4.79 Å². The first-order valence-corrected chi connectivity index (χ1v) is 7.93. The van der Waals surface area contributed by atoms with Crippen LogP contribution in [0.15, 0.2) is 22.4 Å². The summed E-state index contributed by atoms with van der Waals surface area (Å²) in [6, 6.07) is 2.56. The molecule has 0 bridgehead atoms. The van der Waals surface area contributed by atoms with Crippen LogP contribution in [0.5, 0.6) is 0 Å². The summed E-state index contributed by atoms with van der Waals surface area (Å²) in [5.41, 5.74) is 6.81. The molecule has 3 rings (SSSR count). The highest BCUT2D eigenvalue weighted by Gasteiger charge is 2.22. The summed E-state index contributed by atoms with van der Waals surface area (Å²) in [6.07, 6.45) is 6.23. The monoisotopic (exact) mass is 292 g/mol. The fraction of sp³-hybridized carbons (Fsp3) is 0.571. The zero-order valence-electron chi connectivity index (χ0n) is 11.7. The Bertz CT molecular complexity index is 642. The van der Waals surface area contributed by atoms with E-state index in [1.54, 1.807) is 16.7 Å². The van der Waals surface area contributed by atoms with Crippen LogP contribution in [0.25, 0.3) is 4.96 Å². The van der Waals surface area contributed by atoms with Crippen LogP contribution >= 0.6 is 11.3 Å². The summed E-state index contributed by atoms with van der Waals surface area (Å²) in [5, 5.41) is 1.89. The quantitative estimate of drug-likeness (QED) is 0.930. The summed E-state index contributed by atoms with van der Waals surface area (Å²) in [4.78, 5) is 19.6. The van der Waals surface area contributed by atoms with E-state index in [1.165, 1.54) is 11.3 Å². The fourth-order valence-electron chi connectivity index (χ4n) is 2.90. The summed E-state index contributed by atoms with van der Waals surface area (Å²) < 4.78 is 1.59. The molecule has 2 N–H and O–H groups in total. The smallest absolute Gasteiger partial charge is 0.258 e. The average molecular weight is 292 g/mol. The number of rotatable bonds is 3. The number of thiazole rings is 1. The highest BCUT2D eigenvalue weighted by molar-refractivity contribution is 7.15. The van der Waals surface area contributed by atoms with E-state index in [4.69, 9.17) is 5.73 Å². The molecule has 0 atom stereocenters. The largest absolute Gasteiger partial charge is 0.328 e. The molecule has 1 aliphatic rings. The Morgan fingerprint density at radius 3 is 2.95 bits per heavy atom. The van der Waals surface area contributed by atoms with Crippen molar-refractivity contribution in [1.29, 1.82) is 0 Å². The van der Waals surface area contributed by atoms with Gasteiger partial charge in [0, 0.05) is 36.3 Å². The van der Waals surface area contributed by atoms with Gasteiger partial charge in [-0.2, -0.15) is 0 Å². The molecule has 0 amide bonds. The second-order valence-corrected chi connectivity index (χ2v) is 6.50. The van der Waals surface area contributed by atoms with Crippen molar-refractivity contribution in [3.63, 3.8) is 0 Å². The number of hydrogen-bond donors (Lipinski definition) is 1. The topological polar surface area (TPSA) is 63.6 Å². The summed E-state index contributed by atoms with van der Waals surface area (Å²) in [7, 11) is 2.11. The lowest BCUT2D eigenvalue weighted by atomic mass is 9.91. The van der Waals surface area contributed by atoms with Gasteiger partial charge in [-0.3, -0.25) is 14.1 Å². The second kappa shape index (κ2) is 5.63. The van der Waals surface area contributed by atoms with Gasteiger partial charge < -0.3 is 5.73 Å². The Morgan fingerprint density at radius 2 is 2.20 bits per heavy atom. The van der Waals surface area contributed by atoms with Crippen LogP contribution in [0, 0.1) is 0 Å². The minimum atomic E-state index is 0.00492. The molecule has 0 radical (unpaired) electrons. The first-order valence-electron chi connectivity index (χ1n) is 7.05. The van der Waals surface area contributed by atoms with E-state index in [2.05, 4.69) is 16.9 Å². The molecular weight excluding hydrogens is 272 g/mol. The Labute approximate surface area is 122 Å². The van der Waals surface area contributed by atoms with Gasteiger partial charge in [0.15, 0.2) is 4.96 Å². The van der Waals surface area contributed by atoms with E-state index in [0.717, 1.165) is 42.9 Å². The predicted octanol–water partition coefficient (Wildman–Crippen LogP) is 1.46. The van der Waals surface area contributed by atoms with Crippen molar-refractivity contribution < 1.29 is 0 Å². The summed E-state index contributed by atoms with van der Waals surface area (Å²) in [6.45, 7) is 0.726. The predicted molar refractivity (Wildman–Crippen MR) is 81.0 cm³/mol. The first kappa shape index (κ1) is 13.7. The van der Waals surface area contributed by atoms with Gasteiger partial charge >= 0.3 is 0 Å². The van der Waals surface area contributed by atoms with Crippen molar-refractivity contribution in [2.24, 2.45) is 5.73 Å². The number of nitrogens with zero attached hydrogens (tertiary/aromatic N) is 3. The van der Waals surface area contributed by atoms with Gasteiger partial charge in [-0.25, -0.2) is 4.98 Å². The normalized spacial score (nSPS) is 23.6. The molecule has 1 saturated carbocycles. The van der Waals surface area contributed by atoms with E-state index in [1.807, 2.05) is 5.38 Å². The van der Waals surface area contributed by atoms with E-state index in [-0.39, 0.29) is 5.56 Å². The SMILES string of the molecule is CN(Cc1cc(=O)n2ccsc2n1)C1CCC(N)CC1. The standard InChI is InChI=1S/C14H20N4OS/c1-17(12-4-2-10(15)3-5-12)9-11-8-13(19)18-6-7-20-14(18)16-11/h6-8,10,12H,2-5,9,15H2,1H3. The third kappa shape index (κ3) is 2.77. The second-order valence-electron chi connectivity index (χ2n) is 5.63.